The fourth-order valence-corrected chi connectivity index (χ4v) is 4.42. The van der Waals surface area contributed by atoms with Crippen LogP contribution < -0.4 is 4.72 Å². The van der Waals surface area contributed by atoms with Gasteiger partial charge < -0.3 is 0 Å². The lowest BCUT2D eigenvalue weighted by Gasteiger charge is -2.05. The van der Waals surface area contributed by atoms with E-state index in [1.165, 1.54) is 12.1 Å². The van der Waals surface area contributed by atoms with E-state index < -0.39 is 19.9 Å². The van der Waals surface area contributed by atoms with Crippen LogP contribution in [0.1, 0.15) is 5.56 Å². The minimum absolute atomic E-state index is 0.255. The monoisotopic (exact) mass is 345 g/mol. The quantitative estimate of drug-likeness (QED) is 0.864. The average molecular weight is 345 g/mol. The van der Waals surface area contributed by atoms with Gasteiger partial charge in [0.15, 0.2) is 9.84 Å². The molecular formula is C13H15NO4S3. The highest BCUT2D eigenvalue weighted by Gasteiger charge is 2.14. The van der Waals surface area contributed by atoms with Crippen LogP contribution in [0.3, 0.4) is 0 Å². The highest BCUT2D eigenvalue weighted by Crippen LogP contribution is 2.15. The summed E-state index contributed by atoms with van der Waals surface area (Å²) in [5.74, 6) is 0. The zero-order valence-electron chi connectivity index (χ0n) is 11.3. The molecule has 0 saturated carbocycles. The van der Waals surface area contributed by atoms with Gasteiger partial charge in [0.25, 0.3) is 0 Å². The van der Waals surface area contributed by atoms with E-state index in [-0.39, 0.29) is 15.6 Å². The third-order valence-electron chi connectivity index (χ3n) is 2.82. The van der Waals surface area contributed by atoms with E-state index in [4.69, 9.17) is 0 Å². The normalized spacial score (nSPS) is 12.4. The first-order valence-corrected chi connectivity index (χ1v) is 10.4. The molecule has 21 heavy (non-hydrogen) atoms. The maximum Gasteiger partial charge on any atom is 0.250 e. The number of sulfonamides is 1. The van der Waals surface area contributed by atoms with Crippen LogP contribution in [-0.4, -0.2) is 29.6 Å². The number of hydrogen-bond acceptors (Lipinski definition) is 5. The van der Waals surface area contributed by atoms with E-state index in [1.807, 2.05) is 0 Å². The molecule has 0 bridgehead atoms. The maximum absolute atomic E-state index is 11.9. The van der Waals surface area contributed by atoms with Crippen molar-refractivity contribution in [2.75, 3.05) is 12.8 Å². The predicted molar refractivity (Wildman–Crippen MR) is 82.8 cm³/mol. The summed E-state index contributed by atoms with van der Waals surface area (Å²) in [5, 5.41) is 1.71. The fourth-order valence-electron chi connectivity index (χ4n) is 1.72. The van der Waals surface area contributed by atoms with Gasteiger partial charge in [0.2, 0.25) is 10.0 Å². The van der Waals surface area contributed by atoms with E-state index in [9.17, 15) is 16.8 Å². The number of nitrogens with one attached hydrogen (secondary N) is 1. The third kappa shape index (κ3) is 4.37. The molecule has 0 aliphatic heterocycles. The number of sulfone groups is 1. The van der Waals surface area contributed by atoms with Crippen molar-refractivity contribution in [2.45, 2.75) is 15.5 Å². The number of rotatable bonds is 6. The first-order chi connectivity index (χ1) is 9.79. The fraction of sp³-hybridized carbons (Fsp3) is 0.231. The first-order valence-electron chi connectivity index (χ1n) is 6.11. The Morgan fingerprint density at radius 2 is 1.71 bits per heavy atom. The second-order valence-corrected chi connectivity index (χ2v) is 9.45. The van der Waals surface area contributed by atoms with Crippen molar-refractivity contribution in [1.29, 1.82) is 0 Å². The lowest BCUT2D eigenvalue weighted by atomic mass is 10.2. The molecule has 1 aromatic heterocycles. The number of thiophene rings is 1. The summed E-state index contributed by atoms with van der Waals surface area (Å²) in [6.45, 7) is 0.262. The van der Waals surface area contributed by atoms with Crippen molar-refractivity contribution in [2.24, 2.45) is 0 Å². The molecule has 0 spiro atoms. The van der Waals surface area contributed by atoms with Gasteiger partial charge in [-0.2, -0.15) is 0 Å². The number of benzene rings is 1. The zero-order valence-corrected chi connectivity index (χ0v) is 13.8. The van der Waals surface area contributed by atoms with E-state index in [0.717, 1.165) is 23.2 Å². The van der Waals surface area contributed by atoms with Gasteiger partial charge in [-0.05, 0) is 35.6 Å². The van der Waals surface area contributed by atoms with Crippen LogP contribution in [0.5, 0.6) is 0 Å². The van der Waals surface area contributed by atoms with Crippen molar-refractivity contribution in [3.8, 4) is 0 Å². The summed E-state index contributed by atoms with van der Waals surface area (Å²) in [7, 11) is -6.65. The van der Waals surface area contributed by atoms with Crippen LogP contribution in [0.4, 0.5) is 0 Å². The Labute approximate surface area is 128 Å². The molecule has 0 atom stereocenters. The van der Waals surface area contributed by atoms with E-state index in [0.29, 0.717) is 6.42 Å². The van der Waals surface area contributed by atoms with Gasteiger partial charge in [-0.1, -0.05) is 18.2 Å². The molecule has 0 amide bonds. The van der Waals surface area contributed by atoms with Crippen molar-refractivity contribution >= 4 is 31.2 Å². The van der Waals surface area contributed by atoms with Crippen LogP contribution in [0.2, 0.25) is 0 Å². The molecule has 2 aromatic rings. The molecule has 1 aromatic carbocycles. The van der Waals surface area contributed by atoms with Gasteiger partial charge >= 0.3 is 0 Å². The van der Waals surface area contributed by atoms with Crippen molar-refractivity contribution in [3.63, 3.8) is 0 Å². The predicted octanol–water partition coefficient (Wildman–Crippen LogP) is 1.67. The topological polar surface area (TPSA) is 80.3 Å². The summed E-state index contributed by atoms with van der Waals surface area (Å²) in [6, 6.07) is 9.67. The van der Waals surface area contributed by atoms with Crippen LogP contribution in [-0.2, 0) is 26.3 Å². The summed E-state index contributed by atoms with van der Waals surface area (Å²) in [4.78, 5) is 0.255. The minimum atomic E-state index is -3.45. The molecule has 5 nitrogen and oxygen atoms in total. The van der Waals surface area contributed by atoms with Crippen molar-refractivity contribution < 1.29 is 16.8 Å². The highest BCUT2D eigenvalue weighted by atomic mass is 32.2. The van der Waals surface area contributed by atoms with E-state index in [1.54, 1.807) is 29.6 Å². The second-order valence-electron chi connectivity index (χ2n) is 4.50. The van der Waals surface area contributed by atoms with Crippen molar-refractivity contribution in [3.05, 3.63) is 47.3 Å². The molecule has 0 unspecified atom stereocenters. The van der Waals surface area contributed by atoms with Gasteiger partial charge in [-0.3, -0.25) is 0 Å². The molecule has 1 heterocycles. The first kappa shape index (κ1) is 16.2. The molecule has 8 heteroatoms. The summed E-state index contributed by atoms with van der Waals surface area (Å²) in [6.07, 6.45) is 1.64. The largest absolute Gasteiger partial charge is 0.250 e. The third-order valence-corrected chi connectivity index (χ3v) is 6.80. The Morgan fingerprint density at radius 1 is 1.05 bits per heavy atom. The molecular weight excluding hydrogens is 330 g/mol. The smallest absolute Gasteiger partial charge is 0.224 e. The second kappa shape index (κ2) is 6.27. The Morgan fingerprint density at radius 3 is 2.24 bits per heavy atom. The highest BCUT2D eigenvalue weighted by molar-refractivity contribution is 7.91. The van der Waals surface area contributed by atoms with Gasteiger partial charge in [-0.15, -0.1) is 11.3 Å². The van der Waals surface area contributed by atoms with E-state index >= 15 is 0 Å². The molecule has 1 N–H and O–H groups in total. The lowest BCUT2D eigenvalue weighted by Crippen LogP contribution is -2.25. The van der Waals surface area contributed by atoms with Crippen LogP contribution in [0.15, 0.2) is 50.9 Å². The zero-order chi connectivity index (χ0) is 15.5. The Hall–Kier alpha value is -1.22. The summed E-state index contributed by atoms with van der Waals surface area (Å²) < 4.78 is 49.2. The Bertz CT molecular complexity index is 792. The van der Waals surface area contributed by atoms with Gasteiger partial charge in [0, 0.05) is 12.8 Å². The maximum atomic E-state index is 11.9. The van der Waals surface area contributed by atoms with Crippen LogP contribution in [0.25, 0.3) is 0 Å². The standard InChI is InChI=1S/C13H15NO4S3/c1-20(15,16)12-6-4-11(5-7-12)8-9-14-21(17,18)13-3-2-10-19-13/h2-7,10,14H,8-9H2,1H3. The van der Waals surface area contributed by atoms with Crippen LogP contribution in [0, 0.1) is 0 Å². The molecule has 114 valence electrons. The number of hydrogen-bond donors (Lipinski definition) is 1. The molecule has 0 aliphatic rings. The molecule has 2 rings (SSSR count). The van der Waals surface area contributed by atoms with E-state index in [2.05, 4.69) is 4.72 Å². The Kier molecular flexibility index (Phi) is 4.82. The molecule has 0 radical (unpaired) electrons. The molecule has 0 fully saturated rings. The average Bonchev–Trinajstić information content (AvgIpc) is 2.92. The van der Waals surface area contributed by atoms with Crippen molar-refractivity contribution in [1.82, 2.24) is 4.72 Å². The summed E-state index contributed by atoms with van der Waals surface area (Å²) in [5.41, 5.74) is 0.872. The lowest BCUT2D eigenvalue weighted by molar-refractivity contribution is 0.583. The van der Waals surface area contributed by atoms with Gasteiger partial charge in [-0.25, -0.2) is 21.6 Å². The Balaban J connectivity index is 1.95. The van der Waals surface area contributed by atoms with Gasteiger partial charge in [0.1, 0.15) is 4.21 Å². The van der Waals surface area contributed by atoms with Crippen LogP contribution >= 0.6 is 11.3 Å². The molecule has 0 saturated heterocycles. The molecule has 0 aliphatic carbocycles. The van der Waals surface area contributed by atoms with Gasteiger partial charge in [0.05, 0.1) is 4.90 Å². The SMILES string of the molecule is CS(=O)(=O)c1ccc(CCNS(=O)(=O)c2cccs2)cc1. The summed E-state index contributed by atoms with van der Waals surface area (Å²) >= 11 is 1.16. The minimum Gasteiger partial charge on any atom is -0.224 e.